The first kappa shape index (κ1) is 80.5. The van der Waals surface area contributed by atoms with Crippen LogP contribution < -0.4 is 21.3 Å². The third-order valence-electron chi connectivity index (χ3n) is 19.7. The summed E-state index contributed by atoms with van der Waals surface area (Å²) in [5, 5.41) is 11.6. The highest BCUT2D eigenvalue weighted by Gasteiger charge is 2.44. The molecule has 3 aliphatic rings. The Balaban J connectivity index is 1.63. The van der Waals surface area contributed by atoms with Gasteiger partial charge in [0, 0.05) is 78.8 Å². The van der Waals surface area contributed by atoms with Crippen molar-refractivity contribution in [3.05, 3.63) is 68.8 Å². The molecule has 2 heterocycles. The summed E-state index contributed by atoms with van der Waals surface area (Å²) >= 11 is 2.15. The second-order valence-corrected chi connectivity index (χ2v) is 30.0. The van der Waals surface area contributed by atoms with Gasteiger partial charge in [-0.15, -0.1) is 0 Å². The molecule has 0 radical (unpaired) electrons. The number of nitrogens with zero attached hydrogens (tertiary/aromatic N) is 8. The molecule has 2 saturated heterocycles. The summed E-state index contributed by atoms with van der Waals surface area (Å²) in [7, 11) is 10.0. The topological polar surface area (TPSA) is 279 Å². The quantitative estimate of drug-likeness (QED) is 0.194. The highest BCUT2D eigenvalue weighted by Crippen LogP contribution is 2.30. The molecular weight excluding hydrogens is 1350 g/mol. The van der Waals surface area contributed by atoms with Crippen molar-refractivity contribution in [2.75, 3.05) is 82.1 Å². The van der Waals surface area contributed by atoms with Crippen LogP contribution in [0.3, 0.4) is 0 Å². The molecule has 538 valence electrons. The third-order valence-corrected chi connectivity index (χ3v) is 20.4. The normalized spacial score (nSPS) is 24.7. The lowest BCUT2D eigenvalue weighted by molar-refractivity contribution is -0.152. The molecule has 2 aromatic carbocycles. The summed E-state index contributed by atoms with van der Waals surface area (Å²) in [6.45, 7) is 15.3. The van der Waals surface area contributed by atoms with E-state index in [1.165, 1.54) is 92.6 Å². The fourth-order valence-electron chi connectivity index (χ4n) is 12.8. The van der Waals surface area contributed by atoms with Gasteiger partial charge in [-0.05, 0) is 129 Å². The van der Waals surface area contributed by atoms with Gasteiger partial charge < -0.3 is 60.5 Å². The van der Waals surface area contributed by atoms with Gasteiger partial charge in [0.15, 0.2) is 0 Å². The Morgan fingerprint density at radius 2 is 1.14 bits per heavy atom. The Bertz CT molecular complexity index is 3100. The molecule has 4 N–H and O–H groups in total. The van der Waals surface area contributed by atoms with E-state index in [2.05, 4.69) is 43.9 Å². The van der Waals surface area contributed by atoms with E-state index in [1.807, 2.05) is 84.0 Å². The number of aryl methyl sites for hydroxylation is 1. The van der Waals surface area contributed by atoms with E-state index >= 15 is 19.2 Å². The summed E-state index contributed by atoms with van der Waals surface area (Å²) in [6.07, 6.45) is 7.10. The van der Waals surface area contributed by atoms with Crippen molar-refractivity contribution >= 4 is 93.5 Å². The Hall–Kier alpha value is -7.19. The molecule has 2 aliphatic heterocycles. The summed E-state index contributed by atoms with van der Waals surface area (Å²) in [6, 6.07) is 5.93. The monoisotopic (exact) mass is 1460 g/mol. The summed E-state index contributed by atoms with van der Waals surface area (Å²) in [4.78, 5) is 188. The molecule has 0 spiro atoms. The van der Waals surface area contributed by atoms with Gasteiger partial charge in [-0.2, -0.15) is 0 Å². The molecule has 0 bridgehead atoms. The molecule has 0 aromatic heterocycles. The average molecular weight is 1460 g/mol. The number of likely N-dealkylation sites (N-methyl/N-ethyl adjacent to an activating group) is 7. The zero-order valence-electron chi connectivity index (χ0n) is 60.5. The van der Waals surface area contributed by atoms with Crippen LogP contribution in [0.4, 0.5) is 0 Å². The smallest absolute Gasteiger partial charge is 0.246 e. The third kappa shape index (κ3) is 22.9. The van der Waals surface area contributed by atoms with Crippen molar-refractivity contribution in [1.82, 2.24) is 60.5 Å². The van der Waals surface area contributed by atoms with Crippen LogP contribution in [0.1, 0.15) is 156 Å². The molecule has 24 nitrogen and oxygen atoms in total. The van der Waals surface area contributed by atoms with Crippen LogP contribution >= 0.6 is 22.6 Å². The van der Waals surface area contributed by atoms with Gasteiger partial charge in [0.25, 0.3) is 0 Å². The van der Waals surface area contributed by atoms with Gasteiger partial charge in [-0.25, -0.2) is 0 Å². The second kappa shape index (κ2) is 37.1. The maximum absolute atomic E-state index is 15.3. The van der Waals surface area contributed by atoms with Crippen molar-refractivity contribution in [2.24, 2.45) is 23.7 Å². The number of halogens is 1. The minimum absolute atomic E-state index is 0.0400. The summed E-state index contributed by atoms with van der Waals surface area (Å²) in [5.74, 6) is -8.49. The van der Waals surface area contributed by atoms with Crippen LogP contribution in [-0.2, 0) is 70.4 Å². The number of carbonyl (C=O) groups is 12. The van der Waals surface area contributed by atoms with Gasteiger partial charge in [0.2, 0.25) is 70.9 Å². The number of piperidine rings is 1. The zero-order chi connectivity index (χ0) is 72.3. The van der Waals surface area contributed by atoms with Crippen LogP contribution in [0.5, 0.6) is 0 Å². The number of likely N-dealkylation sites (tertiary alicyclic amines) is 1. The molecule has 3 fully saturated rings. The van der Waals surface area contributed by atoms with E-state index in [9.17, 15) is 38.4 Å². The number of hydrogen-bond donors (Lipinski definition) is 4. The standard InChI is InChI=1S/C72H111IN12O12/c1-17-48(7)63-70(96)80(12)43-61(88)78(10)44-62(89)82(14)57(40-49-25-20-18-21-26-49)68(94)79(11)42-59(86)74-53(39-51-27-24-28-52(73)37-51)64(90)75-55(38-50-31-29-47(6)30-32-50)67(93)84(16)72(8,9)71(97)76-54(35-45(2)3)66(92)83(15)58(69(95)85-33-22-19-23-34-85)41-60(87)81(13)56(36-46(4)5)65(91)77-63/h24,27-32,37,45-46,48-49,53-58,63H,17-23,25-26,33-36,38-44H2,1-16H3,(H,74,86)(H,75,90)(H,76,97)(H,77,91)/t48-,53-,54-,55-,56-,57-,58-,63-/m0/s1. The number of amides is 12. The lowest BCUT2D eigenvalue weighted by Crippen LogP contribution is -2.64. The SMILES string of the molecule is CC[C@H](C)[C@@H]1NC(=O)[C@H](CC(C)C)N(C)C(=O)C[C@@H](C(=O)N2CCCCC2)N(C)C(=O)[C@H](CC(C)C)NC(=O)C(C)(C)N(C)C(=O)[C@H](Cc2ccc(C)cc2)NC(=O)[C@H](Cc2cccc(I)c2)NC(=O)CN(C)C(=O)[C@H](CC2CCCCC2)N(C)C(=O)CN(C)C(=O)CN(C)C1=O. The van der Waals surface area contributed by atoms with Crippen LogP contribution in [0.15, 0.2) is 48.5 Å². The molecule has 12 amide bonds. The first-order valence-corrected chi connectivity index (χ1v) is 35.7. The highest BCUT2D eigenvalue weighted by atomic mass is 127. The first-order chi connectivity index (χ1) is 45.6. The van der Waals surface area contributed by atoms with Crippen molar-refractivity contribution in [3.8, 4) is 0 Å². The van der Waals surface area contributed by atoms with Crippen LogP contribution in [-0.4, -0.2) is 240 Å². The number of hydrogen-bond acceptors (Lipinski definition) is 12. The molecule has 25 heteroatoms. The second-order valence-electron chi connectivity index (χ2n) is 28.8. The number of carbonyl (C=O) groups excluding carboxylic acids is 12. The molecule has 8 atom stereocenters. The molecule has 2 aromatic rings. The number of rotatable bonds is 13. The van der Waals surface area contributed by atoms with E-state index in [-0.39, 0.29) is 49.9 Å². The average Bonchev–Trinajstić information content (AvgIpc) is 0.820. The number of nitrogens with one attached hydrogen (secondary N) is 4. The van der Waals surface area contributed by atoms with Crippen molar-refractivity contribution in [3.63, 3.8) is 0 Å². The fraction of sp³-hybridized carbons (Fsp3) is 0.667. The molecular formula is C72H111IN12O12. The summed E-state index contributed by atoms with van der Waals surface area (Å²) in [5.41, 5.74) is 0.553. The van der Waals surface area contributed by atoms with Crippen LogP contribution in [0, 0.1) is 34.2 Å². The zero-order valence-corrected chi connectivity index (χ0v) is 62.6. The Morgan fingerprint density at radius 3 is 1.74 bits per heavy atom. The maximum Gasteiger partial charge on any atom is 0.246 e. The Kier molecular flexibility index (Phi) is 30.8. The molecule has 97 heavy (non-hydrogen) atoms. The van der Waals surface area contributed by atoms with Gasteiger partial charge in [0.05, 0.1) is 26.1 Å². The number of benzene rings is 2. The van der Waals surface area contributed by atoms with Crippen molar-refractivity contribution in [1.29, 1.82) is 0 Å². The van der Waals surface area contributed by atoms with Gasteiger partial charge in [0.1, 0.15) is 47.8 Å². The van der Waals surface area contributed by atoms with E-state index < -0.39 is 151 Å². The Labute approximate surface area is 589 Å². The summed E-state index contributed by atoms with van der Waals surface area (Å²) < 4.78 is 0.853. The molecule has 1 aliphatic carbocycles. The van der Waals surface area contributed by atoms with E-state index in [4.69, 9.17) is 0 Å². The predicted molar refractivity (Wildman–Crippen MR) is 380 cm³/mol. The maximum atomic E-state index is 15.3. The molecule has 5 rings (SSSR count). The van der Waals surface area contributed by atoms with E-state index in [0.717, 1.165) is 52.6 Å². The first-order valence-electron chi connectivity index (χ1n) is 34.7. The van der Waals surface area contributed by atoms with Crippen molar-refractivity contribution < 1.29 is 57.5 Å². The van der Waals surface area contributed by atoms with Crippen molar-refractivity contribution in [2.45, 2.75) is 206 Å². The van der Waals surface area contributed by atoms with E-state index in [1.54, 1.807) is 17.9 Å². The molecule has 1 saturated carbocycles. The minimum Gasteiger partial charge on any atom is -0.342 e. The van der Waals surface area contributed by atoms with Crippen LogP contribution in [0.2, 0.25) is 0 Å². The van der Waals surface area contributed by atoms with E-state index in [0.29, 0.717) is 43.5 Å². The highest BCUT2D eigenvalue weighted by molar-refractivity contribution is 14.1. The predicted octanol–water partition coefficient (Wildman–Crippen LogP) is 4.94. The largest absolute Gasteiger partial charge is 0.342 e. The molecule has 0 unspecified atom stereocenters. The van der Waals surface area contributed by atoms with Gasteiger partial charge in [-0.1, -0.05) is 122 Å². The van der Waals surface area contributed by atoms with Crippen LogP contribution in [0.25, 0.3) is 0 Å². The fourth-order valence-corrected chi connectivity index (χ4v) is 13.4. The lowest BCUT2D eigenvalue weighted by atomic mass is 9.84. The minimum atomic E-state index is -1.73. The van der Waals surface area contributed by atoms with Gasteiger partial charge in [-0.3, -0.25) is 57.5 Å². The Morgan fingerprint density at radius 1 is 0.567 bits per heavy atom. The lowest BCUT2D eigenvalue weighted by Gasteiger charge is -2.39. The van der Waals surface area contributed by atoms with Gasteiger partial charge >= 0.3 is 0 Å².